The van der Waals surface area contributed by atoms with E-state index in [9.17, 15) is 17.6 Å². The maximum Gasteiger partial charge on any atom is 0.255 e. The van der Waals surface area contributed by atoms with Crippen LogP contribution < -0.4 is 4.90 Å². The van der Waals surface area contributed by atoms with Gasteiger partial charge in [-0.05, 0) is 58.4 Å². The molecule has 1 amide bonds. The minimum Gasteiger partial charge on any atom is -0.368 e. The Morgan fingerprint density at radius 2 is 1.63 bits per heavy atom. The van der Waals surface area contributed by atoms with Crippen molar-refractivity contribution in [1.29, 1.82) is 0 Å². The summed E-state index contributed by atoms with van der Waals surface area (Å²) < 4.78 is 40.7. The SMILES string of the molecule is CCN(CC)S(=O)(=O)c1ccc(Br)c(C(=O)N2CCN(c3ccc(F)cc3)CC2)c1. The molecule has 1 saturated heterocycles. The quantitative estimate of drug-likeness (QED) is 0.611. The molecule has 6 nitrogen and oxygen atoms in total. The summed E-state index contributed by atoms with van der Waals surface area (Å²) in [6, 6.07) is 10.9. The van der Waals surface area contributed by atoms with Gasteiger partial charge in [0.2, 0.25) is 10.0 Å². The molecule has 0 bridgehead atoms. The van der Waals surface area contributed by atoms with E-state index >= 15 is 0 Å². The molecule has 30 heavy (non-hydrogen) atoms. The van der Waals surface area contributed by atoms with Gasteiger partial charge in [-0.25, -0.2) is 12.8 Å². The van der Waals surface area contributed by atoms with Crippen molar-refractivity contribution >= 4 is 37.5 Å². The number of carbonyl (C=O) groups excluding carboxylic acids is 1. The van der Waals surface area contributed by atoms with Crippen LogP contribution in [0.1, 0.15) is 24.2 Å². The minimum atomic E-state index is -3.65. The third-order valence-electron chi connectivity index (χ3n) is 5.27. The van der Waals surface area contributed by atoms with Gasteiger partial charge in [0.15, 0.2) is 0 Å². The minimum absolute atomic E-state index is 0.114. The molecule has 0 unspecified atom stereocenters. The molecule has 0 spiro atoms. The first-order chi connectivity index (χ1) is 14.3. The van der Waals surface area contributed by atoms with E-state index in [4.69, 9.17) is 0 Å². The van der Waals surface area contributed by atoms with Gasteiger partial charge >= 0.3 is 0 Å². The zero-order valence-electron chi connectivity index (χ0n) is 17.0. The zero-order chi connectivity index (χ0) is 21.9. The van der Waals surface area contributed by atoms with E-state index in [0.29, 0.717) is 49.3 Å². The van der Waals surface area contributed by atoms with E-state index in [1.165, 1.54) is 28.6 Å². The Labute approximate surface area is 185 Å². The first-order valence-corrected chi connectivity index (χ1v) is 12.1. The molecular formula is C21H25BrFN3O3S. The lowest BCUT2D eigenvalue weighted by atomic mass is 10.1. The molecule has 1 aliphatic rings. The number of piperazine rings is 1. The average Bonchev–Trinajstić information content (AvgIpc) is 2.75. The lowest BCUT2D eigenvalue weighted by molar-refractivity contribution is 0.0745. The molecule has 1 heterocycles. The summed E-state index contributed by atoms with van der Waals surface area (Å²) in [7, 11) is -3.65. The number of benzene rings is 2. The third-order valence-corrected chi connectivity index (χ3v) is 8.01. The van der Waals surface area contributed by atoms with Gasteiger partial charge in [-0.2, -0.15) is 4.31 Å². The molecule has 1 aliphatic heterocycles. The summed E-state index contributed by atoms with van der Waals surface area (Å²) in [4.78, 5) is 17.0. The molecule has 0 saturated carbocycles. The summed E-state index contributed by atoms with van der Waals surface area (Å²) >= 11 is 3.39. The Morgan fingerprint density at radius 3 is 2.20 bits per heavy atom. The smallest absolute Gasteiger partial charge is 0.255 e. The summed E-state index contributed by atoms with van der Waals surface area (Å²) in [6.45, 7) is 6.52. The number of hydrogen-bond acceptors (Lipinski definition) is 4. The first-order valence-electron chi connectivity index (χ1n) is 9.87. The lowest BCUT2D eigenvalue weighted by Crippen LogP contribution is -2.48. The maximum absolute atomic E-state index is 13.1. The van der Waals surface area contributed by atoms with E-state index < -0.39 is 10.0 Å². The average molecular weight is 498 g/mol. The topological polar surface area (TPSA) is 60.9 Å². The van der Waals surface area contributed by atoms with Crippen LogP contribution >= 0.6 is 15.9 Å². The molecule has 0 radical (unpaired) electrons. The number of hydrogen-bond donors (Lipinski definition) is 0. The second kappa shape index (κ2) is 9.45. The lowest BCUT2D eigenvalue weighted by Gasteiger charge is -2.36. The van der Waals surface area contributed by atoms with Gasteiger partial charge in [0.05, 0.1) is 10.5 Å². The van der Waals surface area contributed by atoms with Crippen molar-refractivity contribution in [2.45, 2.75) is 18.7 Å². The van der Waals surface area contributed by atoms with Crippen molar-refractivity contribution in [3.8, 4) is 0 Å². The molecule has 0 aliphatic carbocycles. The van der Waals surface area contributed by atoms with Crippen LogP contribution in [-0.2, 0) is 10.0 Å². The van der Waals surface area contributed by atoms with Crippen LogP contribution in [0.25, 0.3) is 0 Å². The predicted molar refractivity (Wildman–Crippen MR) is 119 cm³/mol. The van der Waals surface area contributed by atoms with Gasteiger partial charge in [-0.15, -0.1) is 0 Å². The van der Waals surface area contributed by atoms with E-state index in [1.807, 2.05) is 0 Å². The number of halogens is 2. The van der Waals surface area contributed by atoms with Gasteiger partial charge in [0, 0.05) is 49.4 Å². The first kappa shape index (κ1) is 22.7. The number of sulfonamides is 1. The highest BCUT2D eigenvalue weighted by Crippen LogP contribution is 2.25. The van der Waals surface area contributed by atoms with Crippen LogP contribution in [0.15, 0.2) is 51.8 Å². The van der Waals surface area contributed by atoms with Gasteiger partial charge < -0.3 is 9.80 Å². The van der Waals surface area contributed by atoms with Crippen molar-refractivity contribution in [2.75, 3.05) is 44.2 Å². The maximum atomic E-state index is 13.1. The van der Waals surface area contributed by atoms with Gasteiger partial charge in [0.25, 0.3) is 5.91 Å². The van der Waals surface area contributed by atoms with Crippen LogP contribution in [0.3, 0.4) is 0 Å². The van der Waals surface area contributed by atoms with Crippen molar-refractivity contribution in [3.05, 3.63) is 58.3 Å². The highest BCUT2D eigenvalue weighted by molar-refractivity contribution is 9.10. The van der Waals surface area contributed by atoms with Gasteiger partial charge in [-0.3, -0.25) is 4.79 Å². The molecule has 1 fully saturated rings. The Bertz CT molecular complexity index is 1000. The Balaban J connectivity index is 1.76. The summed E-state index contributed by atoms with van der Waals surface area (Å²) in [5.41, 5.74) is 1.25. The Kier molecular flexibility index (Phi) is 7.15. The van der Waals surface area contributed by atoms with Crippen LogP contribution in [0, 0.1) is 5.82 Å². The monoisotopic (exact) mass is 497 g/mol. The van der Waals surface area contributed by atoms with Crippen molar-refractivity contribution in [1.82, 2.24) is 9.21 Å². The van der Waals surface area contributed by atoms with Gasteiger partial charge in [0.1, 0.15) is 5.82 Å². The van der Waals surface area contributed by atoms with Crippen LogP contribution in [0.4, 0.5) is 10.1 Å². The Morgan fingerprint density at radius 1 is 1.03 bits per heavy atom. The van der Waals surface area contributed by atoms with Crippen LogP contribution in [-0.4, -0.2) is 62.8 Å². The fourth-order valence-electron chi connectivity index (χ4n) is 3.53. The second-order valence-electron chi connectivity index (χ2n) is 6.99. The van der Waals surface area contributed by atoms with Crippen LogP contribution in [0.5, 0.6) is 0 Å². The number of amides is 1. The fraction of sp³-hybridized carbons (Fsp3) is 0.381. The van der Waals surface area contributed by atoms with Crippen LogP contribution in [0.2, 0.25) is 0 Å². The number of anilines is 1. The number of rotatable bonds is 6. The van der Waals surface area contributed by atoms with E-state index in [0.717, 1.165) is 5.69 Å². The molecule has 0 N–H and O–H groups in total. The highest BCUT2D eigenvalue weighted by atomic mass is 79.9. The largest absolute Gasteiger partial charge is 0.368 e. The van der Waals surface area contributed by atoms with Crippen molar-refractivity contribution in [2.24, 2.45) is 0 Å². The zero-order valence-corrected chi connectivity index (χ0v) is 19.4. The normalized spacial score (nSPS) is 15.0. The molecule has 2 aromatic rings. The van der Waals surface area contributed by atoms with Crippen molar-refractivity contribution in [3.63, 3.8) is 0 Å². The molecule has 9 heteroatoms. The number of nitrogens with zero attached hydrogens (tertiary/aromatic N) is 3. The predicted octanol–water partition coefficient (Wildman–Crippen LogP) is 3.58. The molecule has 162 valence electrons. The number of carbonyl (C=O) groups is 1. The third kappa shape index (κ3) is 4.68. The molecular weight excluding hydrogens is 473 g/mol. The Hall–Kier alpha value is -1.97. The van der Waals surface area contributed by atoms with E-state index in [2.05, 4.69) is 20.8 Å². The fourth-order valence-corrected chi connectivity index (χ4v) is 5.43. The molecule has 3 rings (SSSR count). The highest BCUT2D eigenvalue weighted by Gasteiger charge is 2.27. The molecule has 0 atom stereocenters. The summed E-state index contributed by atoms with van der Waals surface area (Å²) in [5.74, 6) is -0.491. The van der Waals surface area contributed by atoms with E-state index in [1.54, 1.807) is 36.9 Å². The second-order valence-corrected chi connectivity index (χ2v) is 9.78. The standard InChI is InChI=1S/C21H25BrFN3O3S/c1-3-26(4-2)30(28,29)18-9-10-20(22)19(15-18)21(27)25-13-11-24(12-14-25)17-7-5-16(23)6-8-17/h5-10,15H,3-4,11-14H2,1-2H3. The molecule has 2 aromatic carbocycles. The molecule has 0 aromatic heterocycles. The summed E-state index contributed by atoms with van der Waals surface area (Å²) in [6.07, 6.45) is 0. The van der Waals surface area contributed by atoms with Crippen molar-refractivity contribution < 1.29 is 17.6 Å². The summed E-state index contributed by atoms with van der Waals surface area (Å²) in [5, 5.41) is 0. The van der Waals surface area contributed by atoms with Gasteiger partial charge in [-0.1, -0.05) is 13.8 Å². The van der Waals surface area contributed by atoms with E-state index in [-0.39, 0.29) is 16.6 Å².